The molecule has 1 aromatic heterocycles. The van der Waals surface area contributed by atoms with Crippen molar-refractivity contribution in [3.05, 3.63) is 36.2 Å². The molecule has 1 N–H and O–H groups in total. The van der Waals surface area contributed by atoms with Gasteiger partial charge in [-0.2, -0.15) is 4.98 Å². The summed E-state index contributed by atoms with van der Waals surface area (Å²) in [6, 6.07) is 8.34. The van der Waals surface area contributed by atoms with Crippen LogP contribution in [0.4, 0.5) is 11.7 Å². The average molecular weight is 261 g/mol. The van der Waals surface area contributed by atoms with Gasteiger partial charge in [-0.3, -0.25) is 4.90 Å². The molecule has 0 fully saturated rings. The molecule has 0 saturated heterocycles. The van der Waals surface area contributed by atoms with Crippen LogP contribution in [0.1, 0.15) is 12.6 Å². The Morgan fingerprint density at radius 3 is 3.00 bits per heavy atom. The molecule has 2 rings (SSSR count). The van der Waals surface area contributed by atoms with Crippen LogP contribution in [0.2, 0.25) is 0 Å². The predicted octanol–water partition coefficient (Wildman–Crippen LogP) is 2.56. The number of hydrogen-bond acceptors (Lipinski definition) is 5. The lowest BCUT2D eigenvalue weighted by Crippen LogP contribution is -2.13. The summed E-state index contributed by atoms with van der Waals surface area (Å²) in [7, 11) is 3.57. The van der Waals surface area contributed by atoms with Crippen molar-refractivity contribution in [2.24, 2.45) is 0 Å². The summed E-state index contributed by atoms with van der Waals surface area (Å²) < 4.78 is 10.7. The van der Waals surface area contributed by atoms with Gasteiger partial charge in [-0.15, -0.1) is 0 Å². The van der Waals surface area contributed by atoms with Crippen molar-refractivity contribution in [2.75, 3.05) is 25.6 Å². The van der Waals surface area contributed by atoms with Crippen LogP contribution < -0.4 is 15.0 Å². The molecule has 0 saturated carbocycles. The van der Waals surface area contributed by atoms with Crippen LogP contribution in [0.25, 0.3) is 0 Å². The van der Waals surface area contributed by atoms with Gasteiger partial charge in [0, 0.05) is 25.3 Å². The second-order valence-corrected chi connectivity index (χ2v) is 4.16. The quantitative estimate of drug-likeness (QED) is 0.866. The van der Waals surface area contributed by atoms with Crippen molar-refractivity contribution in [3.63, 3.8) is 0 Å². The van der Waals surface area contributed by atoms with E-state index < -0.39 is 0 Å². The molecular weight excluding hydrogens is 242 g/mol. The van der Waals surface area contributed by atoms with Crippen molar-refractivity contribution in [2.45, 2.75) is 13.5 Å². The van der Waals surface area contributed by atoms with Crippen molar-refractivity contribution in [1.29, 1.82) is 0 Å². The van der Waals surface area contributed by atoms with Crippen LogP contribution in [0.3, 0.4) is 0 Å². The monoisotopic (exact) mass is 261 g/mol. The molecule has 0 amide bonds. The van der Waals surface area contributed by atoms with Gasteiger partial charge in [0.25, 0.3) is 0 Å². The van der Waals surface area contributed by atoms with E-state index in [1.807, 2.05) is 36.2 Å². The molecule has 0 atom stereocenters. The second kappa shape index (κ2) is 6.24. The second-order valence-electron chi connectivity index (χ2n) is 4.16. The highest BCUT2D eigenvalue weighted by molar-refractivity contribution is 5.57. The molecule has 5 heteroatoms. The summed E-state index contributed by atoms with van der Waals surface area (Å²) in [5.74, 6) is 0.809. The maximum Gasteiger partial charge on any atom is 0.301 e. The van der Waals surface area contributed by atoms with Crippen LogP contribution in [0.5, 0.6) is 5.75 Å². The lowest BCUT2D eigenvalue weighted by molar-refractivity contribution is 0.415. The van der Waals surface area contributed by atoms with Crippen LogP contribution >= 0.6 is 0 Å². The third-order valence-corrected chi connectivity index (χ3v) is 2.82. The fraction of sp³-hybridized carbons (Fsp3) is 0.357. The molecule has 0 aliphatic rings. The van der Waals surface area contributed by atoms with Gasteiger partial charge in [-0.05, 0) is 18.7 Å². The van der Waals surface area contributed by atoms with E-state index in [2.05, 4.69) is 17.2 Å². The van der Waals surface area contributed by atoms with E-state index in [0.29, 0.717) is 12.6 Å². The zero-order valence-electron chi connectivity index (χ0n) is 11.5. The number of hydrogen-bond donors (Lipinski definition) is 1. The number of methoxy groups -OCH3 is 1. The molecule has 102 valence electrons. The van der Waals surface area contributed by atoms with Crippen LogP contribution in [0, 0.1) is 0 Å². The number of ether oxygens (including phenoxy) is 1. The molecule has 0 spiro atoms. The van der Waals surface area contributed by atoms with E-state index >= 15 is 0 Å². The van der Waals surface area contributed by atoms with E-state index in [9.17, 15) is 0 Å². The largest absolute Gasteiger partial charge is 0.497 e. The van der Waals surface area contributed by atoms with Crippen LogP contribution in [-0.4, -0.2) is 25.7 Å². The zero-order valence-corrected chi connectivity index (χ0v) is 11.5. The van der Waals surface area contributed by atoms with Crippen molar-refractivity contribution in [3.8, 4) is 5.75 Å². The standard InChI is InChI=1S/C14H19N3O2/c1-4-15-9-11-10-19-14(16-11)17(2)12-6-5-7-13(8-12)18-3/h5-8,10,15H,4,9H2,1-3H3. The molecule has 1 aromatic carbocycles. The molecule has 0 aliphatic heterocycles. The Hall–Kier alpha value is -2.01. The SMILES string of the molecule is CCNCc1coc(N(C)c2cccc(OC)c2)n1. The Morgan fingerprint density at radius 2 is 2.26 bits per heavy atom. The fourth-order valence-corrected chi connectivity index (χ4v) is 1.71. The Balaban J connectivity index is 2.13. The smallest absolute Gasteiger partial charge is 0.301 e. The van der Waals surface area contributed by atoms with E-state index in [1.54, 1.807) is 13.4 Å². The Morgan fingerprint density at radius 1 is 1.42 bits per heavy atom. The Labute approximate surface area is 113 Å². The van der Waals surface area contributed by atoms with Gasteiger partial charge in [0.1, 0.15) is 12.0 Å². The summed E-state index contributed by atoms with van der Waals surface area (Å²) in [4.78, 5) is 6.32. The first-order valence-electron chi connectivity index (χ1n) is 6.27. The lowest BCUT2D eigenvalue weighted by atomic mass is 10.3. The van der Waals surface area contributed by atoms with Gasteiger partial charge >= 0.3 is 6.01 Å². The molecule has 0 aliphatic carbocycles. The minimum Gasteiger partial charge on any atom is -0.497 e. The van der Waals surface area contributed by atoms with Crippen molar-refractivity contribution >= 4 is 11.7 Å². The Bertz CT molecular complexity index is 525. The van der Waals surface area contributed by atoms with Gasteiger partial charge in [-0.1, -0.05) is 13.0 Å². The van der Waals surface area contributed by atoms with Gasteiger partial charge in [0.2, 0.25) is 0 Å². The third-order valence-electron chi connectivity index (χ3n) is 2.82. The first kappa shape index (κ1) is 13.4. The molecule has 0 unspecified atom stereocenters. The number of nitrogens with one attached hydrogen (secondary N) is 1. The molecule has 5 nitrogen and oxygen atoms in total. The maximum absolute atomic E-state index is 5.49. The average Bonchev–Trinajstić information content (AvgIpc) is 2.93. The Kier molecular flexibility index (Phi) is 4.41. The predicted molar refractivity (Wildman–Crippen MR) is 74.9 cm³/mol. The number of aromatic nitrogens is 1. The molecule has 19 heavy (non-hydrogen) atoms. The van der Waals surface area contributed by atoms with Gasteiger partial charge in [-0.25, -0.2) is 0 Å². The molecule has 1 heterocycles. The summed E-state index contributed by atoms with van der Waals surface area (Å²) in [5, 5.41) is 3.21. The number of benzene rings is 1. The minimum atomic E-state index is 0.571. The number of oxazole rings is 1. The fourth-order valence-electron chi connectivity index (χ4n) is 1.71. The lowest BCUT2D eigenvalue weighted by Gasteiger charge is -2.15. The highest BCUT2D eigenvalue weighted by atomic mass is 16.5. The first-order valence-corrected chi connectivity index (χ1v) is 6.27. The van der Waals surface area contributed by atoms with Gasteiger partial charge in [0.05, 0.1) is 12.8 Å². The zero-order chi connectivity index (χ0) is 13.7. The molecule has 2 aromatic rings. The van der Waals surface area contributed by atoms with E-state index in [-0.39, 0.29) is 0 Å². The molecule has 0 radical (unpaired) electrons. The van der Waals surface area contributed by atoms with E-state index in [1.165, 1.54) is 0 Å². The topological polar surface area (TPSA) is 50.5 Å². The van der Waals surface area contributed by atoms with E-state index in [4.69, 9.17) is 9.15 Å². The van der Waals surface area contributed by atoms with Crippen LogP contribution in [0.15, 0.2) is 34.9 Å². The summed E-state index contributed by atoms with van der Waals surface area (Å²) in [6.45, 7) is 3.68. The number of anilines is 2. The maximum atomic E-state index is 5.49. The molecular formula is C14H19N3O2. The summed E-state index contributed by atoms with van der Waals surface area (Å²) in [5.41, 5.74) is 1.86. The first-order chi connectivity index (χ1) is 9.24. The minimum absolute atomic E-state index is 0.571. The highest BCUT2D eigenvalue weighted by Gasteiger charge is 2.11. The third kappa shape index (κ3) is 3.26. The normalized spacial score (nSPS) is 10.5. The van der Waals surface area contributed by atoms with Gasteiger partial charge in [0.15, 0.2) is 0 Å². The van der Waals surface area contributed by atoms with E-state index in [0.717, 1.165) is 23.7 Å². The number of nitrogens with zero attached hydrogens (tertiary/aromatic N) is 2. The van der Waals surface area contributed by atoms with Crippen molar-refractivity contribution < 1.29 is 9.15 Å². The van der Waals surface area contributed by atoms with Crippen molar-refractivity contribution in [1.82, 2.24) is 10.3 Å². The summed E-state index contributed by atoms with van der Waals surface area (Å²) in [6.07, 6.45) is 1.68. The number of rotatable bonds is 6. The highest BCUT2D eigenvalue weighted by Crippen LogP contribution is 2.26. The van der Waals surface area contributed by atoms with Crippen LogP contribution in [-0.2, 0) is 6.54 Å². The molecule has 0 bridgehead atoms. The summed E-state index contributed by atoms with van der Waals surface area (Å²) >= 11 is 0. The van der Waals surface area contributed by atoms with Gasteiger partial charge < -0.3 is 14.5 Å².